The van der Waals surface area contributed by atoms with Gasteiger partial charge in [-0.2, -0.15) is 0 Å². The number of amides is 1. The molecule has 0 fully saturated rings. The Morgan fingerprint density at radius 3 is 2.52 bits per heavy atom. The molecule has 1 aromatic heterocycles. The van der Waals surface area contributed by atoms with E-state index in [-0.39, 0.29) is 18.2 Å². The lowest BCUT2D eigenvalue weighted by atomic mass is 10.2. The number of alkyl carbamates (subject to hydrolysis) is 1. The molecule has 21 heavy (non-hydrogen) atoms. The van der Waals surface area contributed by atoms with Crippen molar-refractivity contribution < 1.29 is 13.9 Å². The Bertz CT molecular complexity index is 449. The van der Waals surface area contributed by atoms with E-state index in [1.54, 1.807) is 0 Å². The van der Waals surface area contributed by atoms with Crippen LogP contribution in [0.4, 0.5) is 4.79 Å². The first-order valence-electron chi connectivity index (χ1n) is 7.46. The van der Waals surface area contributed by atoms with Gasteiger partial charge in [0, 0.05) is 6.04 Å². The highest BCUT2D eigenvalue weighted by Crippen LogP contribution is 2.15. The van der Waals surface area contributed by atoms with Gasteiger partial charge in [0.2, 0.25) is 0 Å². The molecule has 5 nitrogen and oxygen atoms in total. The molecule has 0 aromatic carbocycles. The third-order valence-corrected chi connectivity index (χ3v) is 2.98. The maximum Gasteiger partial charge on any atom is 0.407 e. The molecule has 5 heteroatoms. The predicted octanol–water partition coefficient (Wildman–Crippen LogP) is 3.54. The number of hydrogen-bond acceptors (Lipinski definition) is 4. The Labute approximate surface area is 127 Å². The molecule has 1 aromatic rings. The van der Waals surface area contributed by atoms with Gasteiger partial charge in [-0.25, -0.2) is 4.79 Å². The molecular formula is C16H28N2O3. The van der Waals surface area contributed by atoms with Gasteiger partial charge in [-0.15, -0.1) is 0 Å². The topological polar surface area (TPSA) is 63.5 Å². The fourth-order valence-electron chi connectivity index (χ4n) is 1.88. The lowest BCUT2D eigenvalue weighted by Gasteiger charge is -2.22. The highest BCUT2D eigenvalue weighted by Gasteiger charge is 2.17. The fourth-order valence-corrected chi connectivity index (χ4v) is 1.88. The minimum Gasteiger partial charge on any atom is -0.465 e. The smallest absolute Gasteiger partial charge is 0.407 e. The van der Waals surface area contributed by atoms with E-state index >= 15 is 0 Å². The van der Waals surface area contributed by atoms with Crippen LogP contribution < -0.4 is 10.6 Å². The van der Waals surface area contributed by atoms with Crippen molar-refractivity contribution in [3.8, 4) is 0 Å². The van der Waals surface area contributed by atoms with Crippen LogP contribution in [-0.2, 0) is 4.74 Å². The summed E-state index contributed by atoms with van der Waals surface area (Å²) in [5.41, 5.74) is -0.465. The number of carbonyl (C=O) groups is 1. The summed E-state index contributed by atoms with van der Waals surface area (Å²) in [4.78, 5) is 11.6. The molecule has 0 bridgehead atoms. The quantitative estimate of drug-likeness (QED) is 0.842. The molecule has 1 amide bonds. The molecular weight excluding hydrogens is 268 g/mol. The van der Waals surface area contributed by atoms with Crippen molar-refractivity contribution in [2.24, 2.45) is 0 Å². The van der Waals surface area contributed by atoms with Crippen molar-refractivity contribution in [2.45, 2.75) is 65.6 Å². The SMILES string of the molecule is Cc1ccc(C(C)NCCC(C)NC(=O)OC(C)(C)C)o1. The predicted molar refractivity (Wildman–Crippen MR) is 83.3 cm³/mol. The van der Waals surface area contributed by atoms with Crippen molar-refractivity contribution in [1.29, 1.82) is 0 Å². The second kappa shape index (κ2) is 7.50. The van der Waals surface area contributed by atoms with E-state index in [2.05, 4.69) is 17.6 Å². The van der Waals surface area contributed by atoms with Crippen molar-refractivity contribution in [2.75, 3.05) is 6.54 Å². The standard InChI is InChI=1S/C16H28N2O3/c1-11(18-15(19)21-16(4,5)6)9-10-17-13(3)14-8-7-12(2)20-14/h7-8,11,13,17H,9-10H2,1-6H3,(H,18,19). The van der Waals surface area contributed by atoms with Gasteiger partial charge in [0.15, 0.2) is 0 Å². The first-order valence-corrected chi connectivity index (χ1v) is 7.46. The number of carbonyl (C=O) groups excluding carboxylic acids is 1. The molecule has 1 rings (SSSR count). The Morgan fingerprint density at radius 1 is 1.33 bits per heavy atom. The van der Waals surface area contributed by atoms with Gasteiger partial charge < -0.3 is 19.8 Å². The zero-order valence-electron chi connectivity index (χ0n) is 13.9. The molecule has 2 atom stereocenters. The number of hydrogen-bond donors (Lipinski definition) is 2. The highest BCUT2D eigenvalue weighted by molar-refractivity contribution is 5.67. The van der Waals surface area contributed by atoms with E-state index in [0.717, 1.165) is 24.5 Å². The van der Waals surface area contributed by atoms with Gasteiger partial charge in [-0.1, -0.05) is 0 Å². The summed E-state index contributed by atoms with van der Waals surface area (Å²) in [6.07, 6.45) is 0.452. The maximum atomic E-state index is 11.6. The van der Waals surface area contributed by atoms with Gasteiger partial charge >= 0.3 is 6.09 Å². The van der Waals surface area contributed by atoms with E-state index in [4.69, 9.17) is 9.15 Å². The van der Waals surface area contributed by atoms with Crippen LogP contribution in [0.25, 0.3) is 0 Å². The molecule has 1 heterocycles. The molecule has 0 spiro atoms. The minimum atomic E-state index is -0.465. The van der Waals surface area contributed by atoms with Gasteiger partial charge in [0.1, 0.15) is 17.1 Å². The normalized spacial score (nSPS) is 14.6. The van der Waals surface area contributed by atoms with Crippen molar-refractivity contribution in [3.05, 3.63) is 23.7 Å². The lowest BCUT2D eigenvalue weighted by Crippen LogP contribution is -2.39. The molecule has 0 saturated carbocycles. The van der Waals surface area contributed by atoms with E-state index in [9.17, 15) is 4.79 Å². The Hall–Kier alpha value is -1.49. The summed E-state index contributed by atoms with van der Waals surface area (Å²) in [6.45, 7) is 12.3. The summed E-state index contributed by atoms with van der Waals surface area (Å²) in [5, 5.41) is 6.21. The summed E-state index contributed by atoms with van der Waals surface area (Å²) in [6, 6.07) is 4.15. The Balaban J connectivity index is 2.24. The number of nitrogens with one attached hydrogen (secondary N) is 2. The molecule has 0 saturated heterocycles. The second-order valence-electron chi connectivity index (χ2n) is 6.46. The average Bonchev–Trinajstić information content (AvgIpc) is 2.72. The summed E-state index contributed by atoms with van der Waals surface area (Å²) in [5.74, 6) is 1.85. The first kappa shape index (κ1) is 17.6. The summed E-state index contributed by atoms with van der Waals surface area (Å²) >= 11 is 0. The number of ether oxygens (including phenoxy) is 1. The van der Waals surface area contributed by atoms with E-state index in [0.29, 0.717) is 0 Å². The van der Waals surface area contributed by atoms with Crippen LogP contribution in [0.1, 0.15) is 58.6 Å². The molecule has 0 radical (unpaired) electrons. The molecule has 0 aliphatic heterocycles. The van der Waals surface area contributed by atoms with Crippen LogP contribution in [0.5, 0.6) is 0 Å². The third-order valence-electron chi connectivity index (χ3n) is 2.98. The summed E-state index contributed by atoms with van der Waals surface area (Å²) < 4.78 is 10.8. The number of furan rings is 1. The van der Waals surface area contributed by atoms with E-state index < -0.39 is 5.60 Å². The van der Waals surface area contributed by atoms with Crippen molar-refractivity contribution in [1.82, 2.24) is 10.6 Å². The van der Waals surface area contributed by atoms with E-state index in [1.807, 2.05) is 46.8 Å². The van der Waals surface area contributed by atoms with Crippen LogP contribution in [0.2, 0.25) is 0 Å². The Morgan fingerprint density at radius 2 is 2.00 bits per heavy atom. The zero-order valence-corrected chi connectivity index (χ0v) is 13.9. The highest BCUT2D eigenvalue weighted by atomic mass is 16.6. The molecule has 0 aliphatic rings. The van der Waals surface area contributed by atoms with Crippen LogP contribution in [0.3, 0.4) is 0 Å². The average molecular weight is 296 g/mol. The largest absolute Gasteiger partial charge is 0.465 e. The van der Waals surface area contributed by atoms with Crippen molar-refractivity contribution >= 4 is 6.09 Å². The first-order chi connectivity index (χ1) is 9.67. The van der Waals surface area contributed by atoms with Gasteiger partial charge in [0.25, 0.3) is 0 Å². The van der Waals surface area contributed by atoms with Crippen LogP contribution >= 0.6 is 0 Å². The molecule has 2 N–H and O–H groups in total. The Kier molecular flexibility index (Phi) is 6.27. The minimum absolute atomic E-state index is 0.0536. The fraction of sp³-hybridized carbons (Fsp3) is 0.688. The summed E-state index contributed by atoms with van der Waals surface area (Å²) in [7, 11) is 0. The van der Waals surface area contributed by atoms with Crippen LogP contribution in [-0.4, -0.2) is 24.3 Å². The number of rotatable bonds is 6. The lowest BCUT2D eigenvalue weighted by molar-refractivity contribution is 0.0506. The second-order valence-corrected chi connectivity index (χ2v) is 6.46. The maximum absolute atomic E-state index is 11.6. The molecule has 120 valence electrons. The third kappa shape index (κ3) is 7.18. The van der Waals surface area contributed by atoms with Gasteiger partial charge in [-0.05, 0) is 66.6 Å². The zero-order chi connectivity index (χ0) is 16.0. The molecule has 2 unspecified atom stereocenters. The van der Waals surface area contributed by atoms with Crippen LogP contribution in [0.15, 0.2) is 16.5 Å². The monoisotopic (exact) mass is 296 g/mol. The number of aryl methyl sites for hydroxylation is 1. The molecule has 0 aliphatic carbocycles. The van der Waals surface area contributed by atoms with Crippen LogP contribution in [0, 0.1) is 6.92 Å². The van der Waals surface area contributed by atoms with E-state index in [1.165, 1.54) is 0 Å². The van der Waals surface area contributed by atoms with Gasteiger partial charge in [-0.3, -0.25) is 0 Å². The van der Waals surface area contributed by atoms with Gasteiger partial charge in [0.05, 0.1) is 6.04 Å². The van der Waals surface area contributed by atoms with Crippen molar-refractivity contribution in [3.63, 3.8) is 0 Å².